The summed E-state index contributed by atoms with van der Waals surface area (Å²) >= 11 is 0. The van der Waals surface area contributed by atoms with Crippen LogP contribution in [0, 0.1) is 25.7 Å². The Morgan fingerprint density at radius 2 is 1.10 bits per heavy atom. The first-order chi connectivity index (χ1) is 19.5. The molecule has 12 heteroatoms. The molecule has 0 spiro atoms. The van der Waals surface area contributed by atoms with Gasteiger partial charge < -0.3 is 10.2 Å². The standard InChI is InChI=1S/C29H24N4O8/c1-14-7-3-5-9-18(14)32-26(38)22(24(36)30-28(32)40)21(17-12-11-16(34)13-20(17)35)23-25(37)31-29(41)33(27(23)39)19-10-6-4-8-15(19)2/h3-13,21-23,34-35H,1-2H3,(H,30,36,40)(H,31,37,41). The number of benzene rings is 3. The molecule has 2 heterocycles. The summed E-state index contributed by atoms with van der Waals surface area (Å²) < 4.78 is 0. The number of para-hydroxylation sites is 2. The van der Waals surface area contributed by atoms with Gasteiger partial charge in [-0.3, -0.25) is 29.8 Å². The molecule has 208 valence electrons. The number of rotatable bonds is 5. The maximum atomic E-state index is 14.0. The fraction of sp³-hybridized carbons (Fsp3) is 0.172. The van der Waals surface area contributed by atoms with Gasteiger partial charge in [0.1, 0.15) is 23.3 Å². The molecule has 0 radical (unpaired) electrons. The lowest BCUT2D eigenvalue weighted by molar-refractivity contribution is -0.140. The first-order valence-corrected chi connectivity index (χ1v) is 12.5. The van der Waals surface area contributed by atoms with Crippen molar-refractivity contribution in [1.82, 2.24) is 10.6 Å². The Hall–Kier alpha value is -5.52. The molecule has 0 aliphatic carbocycles. The Balaban J connectivity index is 1.69. The van der Waals surface area contributed by atoms with Crippen molar-refractivity contribution < 1.29 is 39.0 Å². The van der Waals surface area contributed by atoms with E-state index >= 15 is 0 Å². The summed E-state index contributed by atoms with van der Waals surface area (Å²) in [6.45, 7) is 3.29. The number of carbonyl (C=O) groups excluding carboxylic acids is 6. The second-order valence-electron chi connectivity index (χ2n) is 9.73. The lowest BCUT2D eigenvalue weighted by Crippen LogP contribution is -2.64. The van der Waals surface area contributed by atoms with Crippen LogP contribution in [0.15, 0.2) is 66.7 Å². The number of nitrogens with one attached hydrogen (secondary N) is 2. The fourth-order valence-corrected chi connectivity index (χ4v) is 5.26. The summed E-state index contributed by atoms with van der Waals surface area (Å²) in [6, 6.07) is 14.0. The molecule has 2 atom stereocenters. The van der Waals surface area contributed by atoms with Crippen LogP contribution < -0.4 is 20.4 Å². The highest BCUT2D eigenvalue weighted by atomic mass is 16.3. The summed E-state index contributed by atoms with van der Waals surface area (Å²) in [5, 5.41) is 25.0. The van der Waals surface area contributed by atoms with Crippen LogP contribution in [0.5, 0.6) is 11.5 Å². The Labute approximate surface area is 233 Å². The number of aromatic hydroxyl groups is 2. The van der Waals surface area contributed by atoms with Crippen molar-refractivity contribution in [2.45, 2.75) is 19.8 Å². The molecule has 2 saturated heterocycles. The molecule has 2 fully saturated rings. The van der Waals surface area contributed by atoms with Crippen molar-refractivity contribution in [1.29, 1.82) is 0 Å². The van der Waals surface area contributed by atoms with E-state index in [1.54, 1.807) is 50.2 Å². The second-order valence-corrected chi connectivity index (χ2v) is 9.73. The van der Waals surface area contributed by atoms with Gasteiger partial charge in [-0.15, -0.1) is 0 Å². The van der Waals surface area contributed by atoms with Gasteiger partial charge in [0.05, 0.1) is 11.4 Å². The minimum Gasteiger partial charge on any atom is -0.508 e. The molecular weight excluding hydrogens is 532 g/mol. The Bertz CT molecular complexity index is 1560. The van der Waals surface area contributed by atoms with E-state index in [0.717, 1.165) is 21.9 Å². The molecule has 0 aromatic heterocycles. The number of barbiturate groups is 2. The molecule has 12 nitrogen and oxygen atoms in total. The van der Waals surface area contributed by atoms with E-state index in [2.05, 4.69) is 10.6 Å². The van der Waals surface area contributed by atoms with Crippen LogP contribution in [0.3, 0.4) is 0 Å². The molecule has 2 aliphatic rings. The molecule has 0 saturated carbocycles. The molecule has 2 aliphatic heterocycles. The zero-order chi connectivity index (χ0) is 29.6. The predicted molar refractivity (Wildman–Crippen MR) is 144 cm³/mol. The van der Waals surface area contributed by atoms with Crippen molar-refractivity contribution in [2.75, 3.05) is 9.80 Å². The molecule has 3 aromatic carbocycles. The molecule has 0 bridgehead atoms. The Kier molecular flexibility index (Phi) is 6.75. The molecule has 2 unspecified atom stereocenters. The van der Waals surface area contributed by atoms with Crippen LogP contribution >= 0.6 is 0 Å². The number of urea groups is 2. The first kappa shape index (κ1) is 27.1. The van der Waals surface area contributed by atoms with Gasteiger partial charge in [0.25, 0.3) is 0 Å². The maximum Gasteiger partial charge on any atom is 0.335 e. The Morgan fingerprint density at radius 1 is 0.659 bits per heavy atom. The number of phenolic OH excluding ortho intramolecular Hbond substituents is 2. The van der Waals surface area contributed by atoms with E-state index in [-0.39, 0.29) is 22.7 Å². The number of amides is 8. The van der Waals surface area contributed by atoms with Gasteiger partial charge in [0, 0.05) is 12.0 Å². The number of anilines is 2. The summed E-state index contributed by atoms with van der Waals surface area (Å²) in [6.07, 6.45) is 0. The van der Waals surface area contributed by atoms with Gasteiger partial charge in [0.2, 0.25) is 23.6 Å². The quantitative estimate of drug-likeness (QED) is 0.347. The molecule has 8 amide bonds. The van der Waals surface area contributed by atoms with Crippen molar-refractivity contribution >= 4 is 47.1 Å². The smallest absolute Gasteiger partial charge is 0.335 e. The van der Waals surface area contributed by atoms with Crippen LogP contribution in [0.1, 0.15) is 22.6 Å². The zero-order valence-corrected chi connectivity index (χ0v) is 21.8. The van der Waals surface area contributed by atoms with Crippen LogP contribution in [0.4, 0.5) is 21.0 Å². The normalized spacial score (nSPS) is 20.1. The van der Waals surface area contributed by atoms with Gasteiger partial charge >= 0.3 is 12.1 Å². The molecule has 3 aromatic rings. The average molecular weight is 557 g/mol. The lowest BCUT2D eigenvalue weighted by atomic mass is 9.73. The monoisotopic (exact) mass is 556 g/mol. The van der Waals surface area contributed by atoms with Gasteiger partial charge in [-0.1, -0.05) is 42.5 Å². The fourth-order valence-electron chi connectivity index (χ4n) is 5.26. The highest BCUT2D eigenvalue weighted by molar-refractivity contribution is 6.31. The molecule has 5 rings (SSSR count). The van der Waals surface area contributed by atoms with Crippen molar-refractivity contribution in [3.8, 4) is 11.5 Å². The van der Waals surface area contributed by atoms with Crippen molar-refractivity contribution in [2.24, 2.45) is 11.8 Å². The van der Waals surface area contributed by atoms with Gasteiger partial charge in [0.15, 0.2) is 0 Å². The summed E-state index contributed by atoms with van der Waals surface area (Å²) in [5.41, 5.74) is 1.17. The summed E-state index contributed by atoms with van der Waals surface area (Å²) in [7, 11) is 0. The van der Waals surface area contributed by atoms with Crippen molar-refractivity contribution in [3.63, 3.8) is 0 Å². The van der Waals surface area contributed by atoms with E-state index in [9.17, 15) is 39.0 Å². The van der Waals surface area contributed by atoms with Crippen LogP contribution in [0.2, 0.25) is 0 Å². The second kappa shape index (κ2) is 10.2. The van der Waals surface area contributed by atoms with Crippen LogP contribution in [-0.4, -0.2) is 45.9 Å². The third-order valence-corrected chi connectivity index (χ3v) is 7.21. The van der Waals surface area contributed by atoms with E-state index in [4.69, 9.17) is 0 Å². The number of phenols is 2. The molecular formula is C29H24N4O8. The maximum absolute atomic E-state index is 14.0. The number of carbonyl (C=O) groups is 6. The first-order valence-electron chi connectivity index (χ1n) is 12.5. The Morgan fingerprint density at radius 3 is 1.51 bits per heavy atom. The highest BCUT2D eigenvalue weighted by Crippen LogP contribution is 2.43. The van der Waals surface area contributed by atoms with Crippen molar-refractivity contribution in [3.05, 3.63) is 83.4 Å². The molecule has 4 N–H and O–H groups in total. The van der Waals surface area contributed by atoms with Crippen LogP contribution in [-0.2, 0) is 19.2 Å². The van der Waals surface area contributed by atoms with Gasteiger partial charge in [-0.2, -0.15) is 0 Å². The number of imide groups is 4. The number of nitrogens with zero attached hydrogens (tertiary/aromatic N) is 2. The highest BCUT2D eigenvalue weighted by Gasteiger charge is 2.55. The van der Waals surface area contributed by atoms with E-state index in [0.29, 0.717) is 11.1 Å². The predicted octanol–water partition coefficient (Wildman–Crippen LogP) is 2.60. The minimum absolute atomic E-state index is 0.164. The summed E-state index contributed by atoms with van der Waals surface area (Å²) in [5.74, 6) is -10.8. The molecule has 41 heavy (non-hydrogen) atoms. The zero-order valence-electron chi connectivity index (χ0n) is 21.8. The minimum atomic E-state index is -1.88. The topological polar surface area (TPSA) is 173 Å². The van der Waals surface area contributed by atoms with Gasteiger partial charge in [-0.05, 0) is 48.7 Å². The largest absolute Gasteiger partial charge is 0.508 e. The summed E-state index contributed by atoms with van der Waals surface area (Å²) in [4.78, 5) is 82.0. The van der Waals surface area contributed by atoms with E-state index < -0.39 is 59.2 Å². The number of hydrogen-bond donors (Lipinski definition) is 4. The SMILES string of the molecule is Cc1ccccc1N1C(=O)NC(=O)C(C(c2ccc(O)cc2O)C2C(=O)NC(=O)N(c3ccccc3C)C2=O)C1=O. The van der Waals surface area contributed by atoms with E-state index in [1.807, 2.05) is 0 Å². The lowest BCUT2D eigenvalue weighted by Gasteiger charge is -2.40. The number of aryl methyl sites for hydroxylation is 2. The third-order valence-electron chi connectivity index (χ3n) is 7.21. The van der Waals surface area contributed by atoms with Gasteiger partial charge in [-0.25, -0.2) is 19.4 Å². The van der Waals surface area contributed by atoms with Crippen LogP contribution in [0.25, 0.3) is 0 Å². The van der Waals surface area contributed by atoms with E-state index in [1.165, 1.54) is 18.2 Å². The third kappa shape index (κ3) is 4.54. The average Bonchev–Trinajstić information content (AvgIpc) is 2.90. The number of hydrogen-bond acceptors (Lipinski definition) is 8.